The number of carbonyl (C=O) groups excluding carboxylic acids is 1. The molecule has 3 heteroatoms. The van der Waals surface area contributed by atoms with Crippen molar-refractivity contribution in [2.75, 3.05) is 6.54 Å². The van der Waals surface area contributed by atoms with Crippen LogP contribution in [0.15, 0.2) is 48.5 Å². The molecule has 23 heavy (non-hydrogen) atoms. The molecule has 2 aromatic rings. The highest BCUT2D eigenvalue weighted by Gasteiger charge is 2.37. The summed E-state index contributed by atoms with van der Waals surface area (Å²) in [6.45, 7) is 6.64. The number of carbonyl (C=O) groups is 1. The molecule has 0 aliphatic carbocycles. The van der Waals surface area contributed by atoms with Crippen molar-refractivity contribution in [3.05, 3.63) is 70.2 Å². The van der Waals surface area contributed by atoms with Gasteiger partial charge in [-0.25, -0.2) is 0 Å². The van der Waals surface area contributed by atoms with Crippen LogP contribution in [0.3, 0.4) is 0 Å². The zero-order chi connectivity index (χ0) is 16.6. The van der Waals surface area contributed by atoms with Crippen molar-refractivity contribution in [1.29, 1.82) is 0 Å². The molecule has 1 amide bonds. The molecule has 0 radical (unpaired) electrons. The maximum Gasteiger partial charge on any atom is 0.228 e. The molecule has 1 unspecified atom stereocenters. The Labute approximate surface area is 143 Å². The minimum absolute atomic E-state index is 0.111. The largest absolute Gasteiger partial charge is 0.331 e. The Bertz CT molecular complexity index is 732. The fourth-order valence-electron chi connectivity index (χ4n) is 3.25. The first kappa shape index (κ1) is 16.1. The Morgan fingerprint density at radius 1 is 1.04 bits per heavy atom. The number of nitrogens with zero attached hydrogens (tertiary/aromatic N) is 1. The van der Waals surface area contributed by atoms with Crippen molar-refractivity contribution in [3.8, 4) is 0 Å². The third-order valence-corrected chi connectivity index (χ3v) is 4.73. The van der Waals surface area contributed by atoms with Gasteiger partial charge in [0.25, 0.3) is 0 Å². The smallest absolute Gasteiger partial charge is 0.228 e. The van der Waals surface area contributed by atoms with Gasteiger partial charge in [0.2, 0.25) is 5.91 Å². The third-order valence-electron chi connectivity index (χ3n) is 4.39. The van der Waals surface area contributed by atoms with Gasteiger partial charge in [0.1, 0.15) is 0 Å². The molecule has 0 N–H and O–H groups in total. The van der Waals surface area contributed by atoms with E-state index in [0.29, 0.717) is 5.02 Å². The van der Waals surface area contributed by atoms with Gasteiger partial charge >= 0.3 is 0 Å². The standard InChI is InChI=1S/C20H22ClNO/c1-20(2,3)19(23)22-13-12-14-8-4-5-9-15(14)18(22)16-10-6-7-11-17(16)21/h4-11,18H,12-13H2,1-3H3. The van der Waals surface area contributed by atoms with Gasteiger partial charge in [-0.2, -0.15) is 0 Å². The van der Waals surface area contributed by atoms with Crippen molar-refractivity contribution < 1.29 is 4.79 Å². The molecule has 0 spiro atoms. The second-order valence-corrected chi connectivity index (χ2v) is 7.53. The molecule has 0 bridgehead atoms. The lowest BCUT2D eigenvalue weighted by Gasteiger charge is -2.41. The van der Waals surface area contributed by atoms with E-state index in [1.165, 1.54) is 11.1 Å². The number of rotatable bonds is 1. The van der Waals surface area contributed by atoms with E-state index >= 15 is 0 Å². The van der Waals surface area contributed by atoms with E-state index in [4.69, 9.17) is 11.6 Å². The maximum absolute atomic E-state index is 13.0. The van der Waals surface area contributed by atoms with Crippen molar-refractivity contribution in [2.45, 2.75) is 33.2 Å². The fraction of sp³-hybridized carbons (Fsp3) is 0.350. The third kappa shape index (κ3) is 3.00. The maximum atomic E-state index is 13.0. The lowest BCUT2D eigenvalue weighted by Crippen LogP contribution is -2.45. The normalized spacial score (nSPS) is 17.7. The van der Waals surface area contributed by atoms with E-state index in [0.717, 1.165) is 18.5 Å². The van der Waals surface area contributed by atoms with Gasteiger partial charge in [0.15, 0.2) is 0 Å². The summed E-state index contributed by atoms with van der Waals surface area (Å²) in [5.41, 5.74) is 3.07. The van der Waals surface area contributed by atoms with E-state index in [2.05, 4.69) is 18.2 Å². The zero-order valence-electron chi connectivity index (χ0n) is 13.8. The quantitative estimate of drug-likeness (QED) is 0.732. The highest BCUT2D eigenvalue weighted by atomic mass is 35.5. The average Bonchev–Trinajstić information content (AvgIpc) is 2.53. The number of amides is 1. The summed E-state index contributed by atoms with van der Waals surface area (Å²) in [7, 11) is 0. The summed E-state index contributed by atoms with van der Waals surface area (Å²) < 4.78 is 0. The summed E-state index contributed by atoms with van der Waals surface area (Å²) in [5.74, 6) is 0.164. The van der Waals surface area contributed by atoms with E-state index in [9.17, 15) is 4.79 Å². The van der Waals surface area contributed by atoms with E-state index < -0.39 is 5.41 Å². The van der Waals surface area contributed by atoms with E-state index in [-0.39, 0.29) is 11.9 Å². The minimum Gasteiger partial charge on any atom is -0.331 e. The van der Waals surface area contributed by atoms with Crippen molar-refractivity contribution in [1.82, 2.24) is 4.90 Å². The van der Waals surface area contributed by atoms with Gasteiger partial charge in [-0.3, -0.25) is 4.79 Å². The Balaban J connectivity index is 2.15. The summed E-state index contributed by atoms with van der Waals surface area (Å²) in [5, 5.41) is 0.709. The molecule has 2 nitrogen and oxygen atoms in total. The highest BCUT2D eigenvalue weighted by Crippen LogP contribution is 2.39. The van der Waals surface area contributed by atoms with Gasteiger partial charge in [0.05, 0.1) is 6.04 Å². The second-order valence-electron chi connectivity index (χ2n) is 7.12. The molecular formula is C20H22ClNO. The molecule has 1 heterocycles. The predicted molar refractivity (Wildman–Crippen MR) is 94.6 cm³/mol. The molecular weight excluding hydrogens is 306 g/mol. The first-order chi connectivity index (χ1) is 10.9. The summed E-state index contributed by atoms with van der Waals surface area (Å²) >= 11 is 6.47. The lowest BCUT2D eigenvalue weighted by molar-refractivity contribution is -0.141. The average molecular weight is 328 g/mol. The predicted octanol–water partition coefficient (Wildman–Crippen LogP) is 4.86. The number of benzene rings is 2. The SMILES string of the molecule is CC(C)(C)C(=O)N1CCc2ccccc2C1c1ccccc1Cl. The molecule has 2 aromatic carbocycles. The van der Waals surface area contributed by atoms with Crippen LogP contribution in [-0.4, -0.2) is 17.4 Å². The first-order valence-corrected chi connectivity index (χ1v) is 8.40. The Morgan fingerprint density at radius 2 is 1.65 bits per heavy atom. The molecule has 1 aliphatic heterocycles. The molecule has 0 fully saturated rings. The van der Waals surface area contributed by atoms with Crippen molar-refractivity contribution in [2.24, 2.45) is 5.41 Å². The van der Waals surface area contributed by atoms with Crippen molar-refractivity contribution >= 4 is 17.5 Å². The van der Waals surface area contributed by atoms with Crippen LogP contribution in [0.2, 0.25) is 5.02 Å². The van der Waals surface area contributed by atoms with Crippen LogP contribution in [-0.2, 0) is 11.2 Å². The van der Waals surface area contributed by atoms with Gasteiger partial charge in [-0.1, -0.05) is 74.8 Å². The first-order valence-electron chi connectivity index (χ1n) is 8.03. The monoisotopic (exact) mass is 327 g/mol. The van der Waals surface area contributed by atoms with Crippen LogP contribution in [0.5, 0.6) is 0 Å². The number of hydrogen-bond donors (Lipinski definition) is 0. The molecule has 3 rings (SSSR count). The second kappa shape index (κ2) is 6.01. The number of hydrogen-bond acceptors (Lipinski definition) is 1. The van der Waals surface area contributed by atoms with Crippen molar-refractivity contribution in [3.63, 3.8) is 0 Å². The number of fused-ring (bicyclic) bond motifs is 1. The molecule has 0 aromatic heterocycles. The van der Waals surface area contributed by atoms with Crippen LogP contribution < -0.4 is 0 Å². The minimum atomic E-state index is -0.411. The topological polar surface area (TPSA) is 20.3 Å². The molecule has 0 saturated carbocycles. The Kier molecular flexibility index (Phi) is 4.20. The van der Waals surface area contributed by atoms with Crippen LogP contribution in [0.4, 0.5) is 0 Å². The number of halogens is 1. The highest BCUT2D eigenvalue weighted by molar-refractivity contribution is 6.31. The van der Waals surface area contributed by atoms with E-state index in [1.807, 2.05) is 56.0 Å². The van der Waals surface area contributed by atoms with E-state index in [1.54, 1.807) is 0 Å². The van der Waals surface area contributed by atoms with Crippen LogP contribution in [0.25, 0.3) is 0 Å². The van der Waals surface area contributed by atoms with Gasteiger partial charge in [-0.15, -0.1) is 0 Å². The van der Waals surface area contributed by atoms with Crippen LogP contribution in [0, 0.1) is 5.41 Å². The molecule has 1 atom stereocenters. The zero-order valence-corrected chi connectivity index (χ0v) is 14.6. The van der Waals surface area contributed by atoms with Crippen LogP contribution in [0.1, 0.15) is 43.5 Å². The summed E-state index contributed by atoms with van der Waals surface area (Å²) in [6.07, 6.45) is 0.888. The van der Waals surface area contributed by atoms with Gasteiger partial charge < -0.3 is 4.90 Å². The fourth-order valence-corrected chi connectivity index (χ4v) is 3.49. The molecule has 0 saturated heterocycles. The van der Waals surface area contributed by atoms with Crippen LogP contribution >= 0.6 is 11.6 Å². The Hall–Kier alpha value is -1.80. The summed E-state index contributed by atoms with van der Waals surface area (Å²) in [6, 6.07) is 16.1. The lowest BCUT2D eigenvalue weighted by atomic mass is 9.85. The van der Waals surface area contributed by atoms with Gasteiger partial charge in [-0.05, 0) is 29.2 Å². The molecule has 1 aliphatic rings. The summed E-state index contributed by atoms with van der Waals surface area (Å²) in [4.78, 5) is 15.0. The Morgan fingerprint density at radius 3 is 2.30 bits per heavy atom. The molecule has 120 valence electrons. The van der Waals surface area contributed by atoms with Gasteiger partial charge in [0, 0.05) is 17.0 Å².